The maximum atomic E-state index is 11.7. The van der Waals surface area contributed by atoms with Gasteiger partial charge in [-0.1, -0.05) is 13.3 Å². The monoisotopic (exact) mass is 211 g/mol. The van der Waals surface area contributed by atoms with E-state index in [0.717, 1.165) is 19.6 Å². The van der Waals surface area contributed by atoms with E-state index >= 15 is 0 Å². The first kappa shape index (κ1) is 10.9. The fraction of sp³-hybridized carbons (Fsp3) is 0.909. The first-order valence-electron chi connectivity index (χ1n) is 5.92. The van der Waals surface area contributed by atoms with Crippen molar-refractivity contribution >= 4 is 5.91 Å². The molecule has 2 aliphatic rings. The summed E-state index contributed by atoms with van der Waals surface area (Å²) >= 11 is 0. The van der Waals surface area contributed by atoms with Crippen molar-refractivity contribution in [3.8, 4) is 0 Å². The molecule has 2 aliphatic heterocycles. The van der Waals surface area contributed by atoms with E-state index < -0.39 is 0 Å². The maximum absolute atomic E-state index is 11.7. The van der Waals surface area contributed by atoms with Crippen molar-refractivity contribution in [2.75, 3.05) is 33.2 Å². The van der Waals surface area contributed by atoms with Crippen LogP contribution < -0.4 is 5.32 Å². The molecular weight excluding hydrogens is 190 g/mol. The van der Waals surface area contributed by atoms with Gasteiger partial charge in [0.25, 0.3) is 0 Å². The second-order valence-corrected chi connectivity index (χ2v) is 4.70. The van der Waals surface area contributed by atoms with Crippen LogP contribution >= 0.6 is 0 Å². The van der Waals surface area contributed by atoms with Gasteiger partial charge in [-0.2, -0.15) is 0 Å². The van der Waals surface area contributed by atoms with E-state index in [1.807, 2.05) is 11.9 Å². The Morgan fingerprint density at radius 2 is 2.27 bits per heavy atom. The van der Waals surface area contributed by atoms with E-state index in [2.05, 4.69) is 17.1 Å². The molecule has 2 unspecified atom stereocenters. The van der Waals surface area contributed by atoms with E-state index in [1.54, 1.807) is 0 Å². The number of likely N-dealkylation sites (N-methyl/N-ethyl adjacent to an activating group) is 1. The number of piperazine rings is 2. The first-order chi connectivity index (χ1) is 7.22. The Hall–Kier alpha value is -0.610. The molecule has 0 aromatic rings. The number of nitrogens with one attached hydrogen (secondary N) is 1. The number of carbonyl (C=O) groups is 1. The summed E-state index contributed by atoms with van der Waals surface area (Å²) in [5.74, 6) is 0.272. The Balaban J connectivity index is 2.04. The number of amides is 1. The molecule has 4 nitrogen and oxygen atoms in total. The van der Waals surface area contributed by atoms with Gasteiger partial charge in [-0.25, -0.2) is 0 Å². The molecule has 0 bridgehead atoms. The summed E-state index contributed by atoms with van der Waals surface area (Å²) in [5.41, 5.74) is 0. The second kappa shape index (κ2) is 4.49. The normalized spacial score (nSPS) is 32.9. The predicted molar refractivity (Wildman–Crippen MR) is 59.7 cm³/mol. The van der Waals surface area contributed by atoms with Gasteiger partial charge < -0.3 is 10.2 Å². The van der Waals surface area contributed by atoms with Crippen molar-refractivity contribution in [1.82, 2.24) is 15.1 Å². The van der Waals surface area contributed by atoms with Gasteiger partial charge in [-0.3, -0.25) is 9.69 Å². The molecule has 0 aromatic heterocycles. The second-order valence-electron chi connectivity index (χ2n) is 4.70. The Bertz CT molecular complexity index is 235. The summed E-state index contributed by atoms with van der Waals surface area (Å²) in [4.78, 5) is 15.9. The van der Waals surface area contributed by atoms with Crippen LogP contribution in [0.5, 0.6) is 0 Å². The molecule has 0 spiro atoms. The zero-order chi connectivity index (χ0) is 10.8. The van der Waals surface area contributed by atoms with Crippen LogP contribution in [0.1, 0.15) is 19.8 Å². The fourth-order valence-corrected chi connectivity index (χ4v) is 2.67. The maximum Gasteiger partial charge on any atom is 0.236 e. The van der Waals surface area contributed by atoms with Gasteiger partial charge >= 0.3 is 0 Å². The molecule has 0 saturated carbocycles. The van der Waals surface area contributed by atoms with Crippen LogP contribution in [0.15, 0.2) is 0 Å². The van der Waals surface area contributed by atoms with Crippen LogP contribution in [0.25, 0.3) is 0 Å². The average molecular weight is 211 g/mol. The lowest BCUT2D eigenvalue weighted by atomic mass is 10.0. The third kappa shape index (κ3) is 2.16. The lowest BCUT2D eigenvalue weighted by Gasteiger charge is -2.47. The van der Waals surface area contributed by atoms with E-state index in [1.165, 1.54) is 12.8 Å². The topological polar surface area (TPSA) is 35.6 Å². The van der Waals surface area contributed by atoms with E-state index in [9.17, 15) is 4.79 Å². The molecule has 15 heavy (non-hydrogen) atoms. The van der Waals surface area contributed by atoms with Crippen molar-refractivity contribution in [3.63, 3.8) is 0 Å². The summed E-state index contributed by atoms with van der Waals surface area (Å²) in [5, 5.41) is 3.47. The van der Waals surface area contributed by atoms with Crippen LogP contribution in [0.2, 0.25) is 0 Å². The van der Waals surface area contributed by atoms with Crippen LogP contribution in [-0.4, -0.2) is 61.0 Å². The highest BCUT2D eigenvalue weighted by Gasteiger charge is 2.36. The molecule has 2 fully saturated rings. The molecule has 2 atom stereocenters. The molecule has 2 saturated heterocycles. The highest BCUT2D eigenvalue weighted by atomic mass is 16.2. The first-order valence-corrected chi connectivity index (χ1v) is 5.92. The fourth-order valence-electron chi connectivity index (χ4n) is 2.67. The van der Waals surface area contributed by atoms with Gasteiger partial charge in [0.05, 0.1) is 6.54 Å². The van der Waals surface area contributed by atoms with Crippen LogP contribution in [0, 0.1) is 0 Å². The zero-order valence-corrected chi connectivity index (χ0v) is 9.70. The van der Waals surface area contributed by atoms with E-state index in [-0.39, 0.29) is 5.91 Å². The molecule has 86 valence electrons. The highest BCUT2D eigenvalue weighted by Crippen LogP contribution is 2.18. The summed E-state index contributed by atoms with van der Waals surface area (Å²) in [7, 11) is 1.91. The molecule has 2 heterocycles. The standard InChI is InChI=1S/C11H21N3O/c1-3-4-9-5-12-6-10-7-13(2)11(15)8-14(9)10/h9-10,12H,3-8H2,1-2H3. The minimum atomic E-state index is 0.272. The summed E-state index contributed by atoms with van der Waals surface area (Å²) in [6, 6.07) is 1.09. The van der Waals surface area contributed by atoms with Gasteiger partial charge in [0.15, 0.2) is 0 Å². The third-order valence-electron chi connectivity index (χ3n) is 3.55. The number of hydrogen-bond donors (Lipinski definition) is 1. The van der Waals surface area contributed by atoms with Crippen LogP contribution in [0.3, 0.4) is 0 Å². The van der Waals surface area contributed by atoms with Gasteiger partial charge in [-0.15, -0.1) is 0 Å². The molecule has 0 aliphatic carbocycles. The van der Waals surface area contributed by atoms with Crippen molar-refractivity contribution in [1.29, 1.82) is 0 Å². The number of carbonyl (C=O) groups excluding carboxylic acids is 1. The Morgan fingerprint density at radius 3 is 3.00 bits per heavy atom. The lowest BCUT2D eigenvalue weighted by molar-refractivity contribution is -0.139. The minimum Gasteiger partial charge on any atom is -0.343 e. The van der Waals surface area contributed by atoms with Gasteiger partial charge in [0, 0.05) is 38.8 Å². The zero-order valence-electron chi connectivity index (χ0n) is 9.70. The minimum absolute atomic E-state index is 0.272. The molecule has 0 radical (unpaired) electrons. The highest BCUT2D eigenvalue weighted by molar-refractivity contribution is 5.79. The van der Waals surface area contributed by atoms with Crippen molar-refractivity contribution in [2.24, 2.45) is 0 Å². The summed E-state index contributed by atoms with van der Waals surface area (Å²) < 4.78 is 0. The average Bonchev–Trinajstić information content (AvgIpc) is 2.21. The van der Waals surface area contributed by atoms with E-state index in [4.69, 9.17) is 0 Å². The largest absolute Gasteiger partial charge is 0.343 e. The summed E-state index contributed by atoms with van der Waals surface area (Å²) in [6.07, 6.45) is 2.39. The molecule has 0 aromatic carbocycles. The Labute approximate surface area is 91.6 Å². The van der Waals surface area contributed by atoms with Crippen molar-refractivity contribution in [2.45, 2.75) is 31.8 Å². The van der Waals surface area contributed by atoms with Gasteiger partial charge in [0.1, 0.15) is 0 Å². The number of hydrogen-bond acceptors (Lipinski definition) is 3. The number of nitrogens with zero attached hydrogens (tertiary/aromatic N) is 2. The quantitative estimate of drug-likeness (QED) is 0.693. The van der Waals surface area contributed by atoms with E-state index in [0.29, 0.717) is 18.6 Å². The Kier molecular flexibility index (Phi) is 3.26. The van der Waals surface area contributed by atoms with Gasteiger partial charge in [-0.05, 0) is 6.42 Å². The SMILES string of the molecule is CCCC1CNCC2CN(C)C(=O)CN12. The lowest BCUT2D eigenvalue weighted by Crippen LogP contribution is -2.65. The Morgan fingerprint density at radius 1 is 1.47 bits per heavy atom. The smallest absolute Gasteiger partial charge is 0.236 e. The van der Waals surface area contributed by atoms with Crippen molar-refractivity contribution < 1.29 is 4.79 Å². The van der Waals surface area contributed by atoms with Gasteiger partial charge in [0.2, 0.25) is 5.91 Å². The molecule has 1 N–H and O–H groups in total. The number of fused-ring (bicyclic) bond motifs is 1. The molecular formula is C11H21N3O. The molecule has 1 amide bonds. The van der Waals surface area contributed by atoms with Crippen LogP contribution in [-0.2, 0) is 4.79 Å². The van der Waals surface area contributed by atoms with Crippen LogP contribution in [0.4, 0.5) is 0 Å². The number of rotatable bonds is 2. The third-order valence-corrected chi connectivity index (χ3v) is 3.55. The predicted octanol–water partition coefficient (Wildman–Crippen LogP) is -0.0991. The summed E-state index contributed by atoms with van der Waals surface area (Å²) in [6.45, 7) is 5.78. The molecule has 2 rings (SSSR count). The van der Waals surface area contributed by atoms with Crippen molar-refractivity contribution in [3.05, 3.63) is 0 Å². The molecule has 4 heteroatoms.